The number of hydrogen-bond acceptors (Lipinski definition) is 5. The number of thioether (sulfide) groups is 1. The zero-order valence-corrected chi connectivity index (χ0v) is 15.6. The molecule has 0 spiro atoms. The van der Waals surface area contributed by atoms with Gasteiger partial charge in [-0.25, -0.2) is 0 Å². The minimum absolute atomic E-state index is 0.0387. The number of nitrogens with zero attached hydrogens (tertiary/aromatic N) is 1. The van der Waals surface area contributed by atoms with Crippen molar-refractivity contribution in [1.29, 1.82) is 0 Å². The van der Waals surface area contributed by atoms with Gasteiger partial charge in [-0.15, -0.1) is 11.8 Å². The van der Waals surface area contributed by atoms with Crippen LogP contribution in [0.4, 0.5) is 0 Å². The molecule has 1 aromatic carbocycles. The SMILES string of the molecule is COCCNC(=O)CSc1ccccc1C(=O)N1CCCC1CC(=O)O. The summed E-state index contributed by atoms with van der Waals surface area (Å²) < 4.78 is 4.89. The van der Waals surface area contributed by atoms with Crippen LogP contribution in [0.15, 0.2) is 29.2 Å². The Hall–Kier alpha value is -2.06. The molecule has 8 heteroatoms. The van der Waals surface area contributed by atoms with Crippen molar-refractivity contribution in [2.75, 3.05) is 32.6 Å². The lowest BCUT2D eigenvalue weighted by Crippen LogP contribution is -2.37. The highest BCUT2D eigenvalue weighted by atomic mass is 32.2. The monoisotopic (exact) mass is 380 g/mol. The third-order valence-electron chi connectivity index (χ3n) is 4.15. The van der Waals surface area contributed by atoms with Crippen molar-refractivity contribution in [3.63, 3.8) is 0 Å². The Bertz CT molecular complexity index is 652. The Labute approximate surface area is 157 Å². The molecule has 26 heavy (non-hydrogen) atoms. The molecule has 1 aliphatic heterocycles. The van der Waals surface area contributed by atoms with Crippen LogP contribution in [0.3, 0.4) is 0 Å². The Morgan fingerprint density at radius 1 is 1.35 bits per heavy atom. The molecule has 1 atom stereocenters. The van der Waals surface area contributed by atoms with Gasteiger partial charge in [0, 0.05) is 31.1 Å². The molecule has 1 heterocycles. The first kappa shape index (κ1) is 20.3. The molecular formula is C18H24N2O5S. The van der Waals surface area contributed by atoms with E-state index >= 15 is 0 Å². The van der Waals surface area contributed by atoms with E-state index in [1.165, 1.54) is 11.8 Å². The number of aliphatic carboxylic acids is 1. The van der Waals surface area contributed by atoms with Crippen LogP contribution >= 0.6 is 11.8 Å². The molecule has 0 bridgehead atoms. The highest BCUT2D eigenvalue weighted by molar-refractivity contribution is 8.00. The van der Waals surface area contributed by atoms with E-state index in [2.05, 4.69) is 5.32 Å². The minimum Gasteiger partial charge on any atom is -0.481 e. The topological polar surface area (TPSA) is 95.9 Å². The van der Waals surface area contributed by atoms with Crippen LogP contribution in [-0.2, 0) is 14.3 Å². The summed E-state index contributed by atoms with van der Waals surface area (Å²) in [5.41, 5.74) is 0.513. The van der Waals surface area contributed by atoms with E-state index in [0.29, 0.717) is 31.7 Å². The molecule has 0 radical (unpaired) electrons. The van der Waals surface area contributed by atoms with Gasteiger partial charge in [0.15, 0.2) is 0 Å². The van der Waals surface area contributed by atoms with Gasteiger partial charge in [0.1, 0.15) is 0 Å². The normalized spacial score (nSPS) is 16.5. The van der Waals surface area contributed by atoms with Crippen molar-refractivity contribution < 1.29 is 24.2 Å². The van der Waals surface area contributed by atoms with Crippen molar-refractivity contribution in [3.05, 3.63) is 29.8 Å². The summed E-state index contributed by atoms with van der Waals surface area (Å²) >= 11 is 1.30. The lowest BCUT2D eigenvalue weighted by Gasteiger charge is -2.24. The van der Waals surface area contributed by atoms with Gasteiger partial charge in [0.2, 0.25) is 5.91 Å². The molecule has 2 N–H and O–H groups in total. The van der Waals surface area contributed by atoms with Gasteiger partial charge < -0.3 is 20.1 Å². The van der Waals surface area contributed by atoms with Crippen LogP contribution in [0.25, 0.3) is 0 Å². The molecule has 2 rings (SSSR count). The number of carbonyl (C=O) groups excluding carboxylic acids is 2. The number of benzene rings is 1. The third-order valence-corrected chi connectivity index (χ3v) is 5.23. The van der Waals surface area contributed by atoms with Crippen LogP contribution in [0.5, 0.6) is 0 Å². The minimum atomic E-state index is -0.898. The fraction of sp³-hybridized carbons (Fsp3) is 0.500. The number of ether oxygens (including phenoxy) is 1. The van der Waals surface area contributed by atoms with Crippen LogP contribution in [0, 0.1) is 0 Å². The Kier molecular flexibility index (Phi) is 7.93. The van der Waals surface area contributed by atoms with Crippen LogP contribution in [-0.4, -0.2) is 66.4 Å². The molecule has 7 nitrogen and oxygen atoms in total. The molecular weight excluding hydrogens is 356 g/mol. The van der Waals surface area contributed by atoms with Gasteiger partial charge in [0.25, 0.3) is 5.91 Å². The van der Waals surface area contributed by atoms with E-state index in [1.807, 2.05) is 12.1 Å². The maximum absolute atomic E-state index is 12.9. The van der Waals surface area contributed by atoms with Crippen LogP contribution < -0.4 is 5.32 Å². The Balaban J connectivity index is 2.02. The van der Waals surface area contributed by atoms with E-state index in [0.717, 1.165) is 11.3 Å². The number of rotatable bonds is 9. The van der Waals surface area contributed by atoms with Gasteiger partial charge in [-0.2, -0.15) is 0 Å². The smallest absolute Gasteiger partial charge is 0.305 e. The number of nitrogens with one attached hydrogen (secondary N) is 1. The lowest BCUT2D eigenvalue weighted by molar-refractivity contribution is -0.138. The molecule has 1 aromatic rings. The number of carbonyl (C=O) groups is 3. The summed E-state index contributed by atoms with van der Waals surface area (Å²) in [6.07, 6.45) is 1.47. The fourth-order valence-electron chi connectivity index (χ4n) is 2.93. The maximum atomic E-state index is 12.9. The fourth-order valence-corrected chi connectivity index (χ4v) is 3.80. The zero-order valence-electron chi connectivity index (χ0n) is 14.8. The van der Waals surface area contributed by atoms with Crippen molar-refractivity contribution >= 4 is 29.5 Å². The quantitative estimate of drug-likeness (QED) is 0.499. The van der Waals surface area contributed by atoms with E-state index in [1.54, 1.807) is 24.1 Å². The molecule has 0 saturated carbocycles. The van der Waals surface area contributed by atoms with Gasteiger partial charge in [-0.05, 0) is 25.0 Å². The molecule has 2 amide bonds. The van der Waals surface area contributed by atoms with Crippen molar-refractivity contribution in [2.45, 2.75) is 30.2 Å². The predicted molar refractivity (Wildman–Crippen MR) is 98.4 cm³/mol. The lowest BCUT2D eigenvalue weighted by atomic mass is 10.1. The van der Waals surface area contributed by atoms with E-state index in [9.17, 15) is 14.4 Å². The second-order valence-electron chi connectivity index (χ2n) is 6.02. The summed E-state index contributed by atoms with van der Waals surface area (Å²) in [5.74, 6) is -0.993. The first-order valence-electron chi connectivity index (χ1n) is 8.53. The summed E-state index contributed by atoms with van der Waals surface area (Å²) in [4.78, 5) is 38.2. The maximum Gasteiger partial charge on any atom is 0.305 e. The van der Waals surface area contributed by atoms with E-state index in [-0.39, 0.29) is 30.0 Å². The number of carboxylic acid groups (broad SMARTS) is 1. The highest BCUT2D eigenvalue weighted by Crippen LogP contribution is 2.28. The van der Waals surface area contributed by atoms with Gasteiger partial charge in [0.05, 0.1) is 24.3 Å². The number of methoxy groups -OCH3 is 1. The molecule has 1 aliphatic rings. The van der Waals surface area contributed by atoms with Crippen molar-refractivity contribution in [3.8, 4) is 0 Å². The van der Waals surface area contributed by atoms with Crippen molar-refractivity contribution in [1.82, 2.24) is 10.2 Å². The van der Waals surface area contributed by atoms with Crippen LogP contribution in [0.1, 0.15) is 29.6 Å². The van der Waals surface area contributed by atoms with Crippen LogP contribution in [0.2, 0.25) is 0 Å². The third kappa shape index (κ3) is 5.74. The van der Waals surface area contributed by atoms with Gasteiger partial charge in [-0.1, -0.05) is 12.1 Å². The second kappa shape index (κ2) is 10.2. The van der Waals surface area contributed by atoms with Crippen molar-refractivity contribution in [2.24, 2.45) is 0 Å². The Morgan fingerprint density at radius 2 is 2.12 bits per heavy atom. The molecule has 0 aliphatic carbocycles. The van der Waals surface area contributed by atoms with Gasteiger partial charge in [-0.3, -0.25) is 14.4 Å². The van der Waals surface area contributed by atoms with Gasteiger partial charge >= 0.3 is 5.97 Å². The standard InChI is InChI=1S/C18H24N2O5S/c1-25-10-8-19-16(21)12-26-15-7-3-2-6-14(15)18(24)20-9-4-5-13(20)11-17(22)23/h2-3,6-7,13H,4-5,8-12H2,1H3,(H,19,21)(H,22,23). The predicted octanol–water partition coefficient (Wildman–Crippen LogP) is 1.62. The summed E-state index contributed by atoms with van der Waals surface area (Å²) in [6.45, 7) is 1.46. The summed E-state index contributed by atoms with van der Waals surface area (Å²) in [7, 11) is 1.57. The number of likely N-dealkylation sites (tertiary alicyclic amines) is 1. The zero-order chi connectivity index (χ0) is 18.9. The molecule has 142 valence electrons. The average Bonchev–Trinajstić information content (AvgIpc) is 3.07. The number of amides is 2. The Morgan fingerprint density at radius 3 is 2.85 bits per heavy atom. The summed E-state index contributed by atoms with van der Waals surface area (Å²) in [6, 6.07) is 6.86. The van der Waals surface area contributed by atoms with E-state index in [4.69, 9.17) is 9.84 Å². The molecule has 1 saturated heterocycles. The molecule has 0 aromatic heterocycles. The number of carboxylic acids is 1. The average molecular weight is 380 g/mol. The molecule has 1 fully saturated rings. The first-order chi connectivity index (χ1) is 12.5. The summed E-state index contributed by atoms with van der Waals surface area (Å²) in [5, 5.41) is 11.8. The second-order valence-corrected chi connectivity index (χ2v) is 7.04. The number of hydrogen-bond donors (Lipinski definition) is 2. The first-order valence-corrected chi connectivity index (χ1v) is 9.51. The van der Waals surface area contributed by atoms with E-state index < -0.39 is 5.97 Å². The molecule has 1 unspecified atom stereocenters. The highest BCUT2D eigenvalue weighted by Gasteiger charge is 2.31. The largest absolute Gasteiger partial charge is 0.481 e.